The minimum atomic E-state index is -0.962. The van der Waals surface area contributed by atoms with Gasteiger partial charge >= 0.3 is 5.97 Å². The number of amides is 1. The lowest BCUT2D eigenvalue weighted by atomic mass is 9.98. The molecule has 116 valence electrons. The zero-order valence-corrected chi connectivity index (χ0v) is 12.6. The Labute approximate surface area is 129 Å². The smallest absolute Gasteiger partial charge is 0.305 e. The topological polar surface area (TPSA) is 79.5 Å². The van der Waals surface area contributed by atoms with Gasteiger partial charge in [0.25, 0.3) is 5.91 Å². The number of carboxylic acid groups (broad SMARTS) is 1. The Balaban J connectivity index is 2.26. The van der Waals surface area contributed by atoms with Crippen molar-refractivity contribution >= 4 is 11.9 Å². The maximum Gasteiger partial charge on any atom is 0.305 e. The molecule has 1 heterocycles. The van der Waals surface area contributed by atoms with Crippen LogP contribution < -0.4 is 5.32 Å². The number of benzene rings is 1. The van der Waals surface area contributed by atoms with Gasteiger partial charge < -0.3 is 14.8 Å². The van der Waals surface area contributed by atoms with Gasteiger partial charge in [-0.05, 0) is 24.1 Å². The molecule has 1 unspecified atom stereocenters. The lowest BCUT2D eigenvalue weighted by molar-refractivity contribution is -0.137. The molecule has 0 aliphatic carbocycles. The van der Waals surface area contributed by atoms with Crippen molar-refractivity contribution in [2.45, 2.75) is 32.7 Å². The molecule has 1 amide bonds. The molecule has 1 aromatic carbocycles. The minimum Gasteiger partial charge on any atom is -0.481 e. The highest BCUT2D eigenvalue weighted by Gasteiger charge is 2.22. The highest BCUT2D eigenvalue weighted by atomic mass is 16.4. The summed E-state index contributed by atoms with van der Waals surface area (Å²) in [6.45, 7) is 3.79. The average Bonchev–Trinajstić information content (AvgIpc) is 2.95. The van der Waals surface area contributed by atoms with Crippen molar-refractivity contribution in [3.63, 3.8) is 0 Å². The standard InChI is InChI=1S/C17H19NO4/c1-3-15-13(8-9-22-15)17(21)18-14(10-16(19)20)12-7-5-4-6-11(12)2/h4-9,14H,3,10H2,1-2H3,(H,18,21)(H,19,20). The van der Waals surface area contributed by atoms with Crippen LogP contribution in [0.4, 0.5) is 0 Å². The minimum absolute atomic E-state index is 0.171. The number of aryl methyl sites for hydroxylation is 2. The second-order valence-electron chi connectivity index (χ2n) is 5.09. The summed E-state index contributed by atoms with van der Waals surface area (Å²) in [5.41, 5.74) is 2.20. The summed E-state index contributed by atoms with van der Waals surface area (Å²) < 4.78 is 5.25. The van der Waals surface area contributed by atoms with E-state index < -0.39 is 12.0 Å². The first-order chi connectivity index (χ1) is 10.5. The van der Waals surface area contributed by atoms with Crippen LogP contribution in [0.1, 0.15) is 46.6 Å². The monoisotopic (exact) mass is 301 g/mol. The molecule has 5 nitrogen and oxygen atoms in total. The Morgan fingerprint density at radius 2 is 2.00 bits per heavy atom. The molecule has 0 saturated heterocycles. The molecule has 0 spiro atoms. The predicted molar refractivity (Wildman–Crippen MR) is 81.7 cm³/mol. The van der Waals surface area contributed by atoms with Gasteiger partial charge in [0.05, 0.1) is 24.3 Å². The number of carboxylic acids is 1. The number of carbonyl (C=O) groups is 2. The summed E-state index contributed by atoms with van der Waals surface area (Å²) >= 11 is 0. The van der Waals surface area contributed by atoms with Gasteiger partial charge in [-0.3, -0.25) is 9.59 Å². The van der Waals surface area contributed by atoms with Crippen molar-refractivity contribution in [3.05, 3.63) is 59.0 Å². The van der Waals surface area contributed by atoms with Crippen LogP contribution in [0.25, 0.3) is 0 Å². The van der Waals surface area contributed by atoms with Crippen molar-refractivity contribution in [2.24, 2.45) is 0 Å². The van der Waals surface area contributed by atoms with E-state index in [9.17, 15) is 9.59 Å². The molecule has 0 bridgehead atoms. The van der Waals surface area contributed by atoms with Gasteiger partial charge in [-0.25, -0.2) is 0 Å². The second kappa shape index (κ2) is 6.93. The van der Waals surface area contributed by atoms with Gasteiger partial charge in [0, 0.05) is 6.42 Å². The maximum atomic E-state index is 12.4. The number of carbonyl (C=O) groups excluding carboxylic acids is 1. The summed E-state index contributed by atoms with van der Waals surface area (Å²) in [6.07, 6.45) is 1.90. The van der Waals surface area contributed by atoms with E-state index in [4.69, 9.17) is 9.52 Å². The summed E-state index contributed by atoms with van der Waals surface area (Å²) in [4.78, 5) is 23.5. The summed E-state index contributed by atoms with van der Waals surface area (Å²) in [6, 6.07) is 8.46. The largest absolute Gasteiger partial charge is 0.481 e. The first kappa shape index (κ1) is 15.8. The molecule has 1 aromatic heterocycles. The van der Waals surface area contributed by atoms with Crippen LogP contribution in [0.15, 0.2) is 41.0 Å². The molecule has 0 fully saturated rings. The van der Waals surface area contributed by atoms with Crippen molar-refractivity contribution in [1.82, 2.24) is 5.32 Å². The SMILES string of the molecule is CCc1occc1C(=O)NC(CC(=O)O)c1ccccc1C. The van der Waals surface area contributed by atoms with Crippen molar-refractivity contribution in [3.8, 4) is 0 Å². The van der Waals surface area contributed by atoms with E-state index in [1.807, 2.05) is 38.1 Å². The second-order valence-corrected chi connectivity index (χ2v) is 5.09. The Hall–Kier alpha value is -2.56. The Bertz CT molecular complexity index is 675. The number of hydrogen-bond acceptors (Lipinski definition) is 3. The number of furan rings is 1. The molecule has 0 saturated carbocycles. The van der Waals surface area contributed by atoms with Crippen LogP contribution >= 0.6 is 0 Å². The summed E-state index contributed by atoms with van der Waals surface area (Å²) in [7, 11) is 0. The van der Waals surface area contributed by atoms with Crippen LogP contribution in [0.2, 0.25) is 0 Å². The zero-order chi connectivity index (χ0) is 16.1. The van der Waals surface area contributed by atoms with Gasteiger partial charge in [0.1, 0.15) is 5.76 Å². The Morgan fingerprint density at radius 1 is 1.27 bits per heavy atom. The molecule has 5 heteroatoms. The predicted octanol–water partition coefficient (Wildman–Crippen LogP) is 3.10. The number of rotatable bonds is 6. The fraction of sp³-hybridized carbons (Fsp3) is 0.294. The lowest BCUT2D eigenvalue weighted by Crippen LogP contribution is -2.31. The van der Waals surface area contributed by atoms with Crippen LogP contribution in [-0.4, -0.2) is 17.0 Å². The third kappa shape index (κ3) is 3.55. The molecule has 0 aliphatic rings. The zero-order valence-electron chi connectivity index (χ0n) is 12.6. The Morgan fingerprint density at radius 3 is 2.64 bits per heavy atom. The maximum absolute atomic E-state index is 12.4. The number of nitrogens with one attached hydrogen (secondary N) is 1. The normalized spacial score (nSPS) is 11.9. The van der Waals surface area contributed by atoms with Gasteiger partial charge in [-0.2, -0.15) is 0 Å². The molecular formula is C17H19NO4. The highest BCUT2D eigenvalue weighted by Crippen LogP contribution is 2.22. The van der Waals surface area contributed by atoms with Crippen LogP contribution in [0.5, 0.6) is 0 Å². The van der Waals surface area contributed by atoms with E-state index in [0.29, 0.717) is 17.7 Å². The van der Waals surface area contributed by atoms with Crippen molar-refractivity contribution in [1.29, 1.82) is 0 Å². The van der Waals surface area contributed by atoms with Crippen LogP contribution in [-0.2, 0) is 11.2 Å². The first-order valence-corrected chi connectivity index (χ1v) is 7.17. The van der Waals surface area contributed by atoms with Crippen LogP contribution in [0, 0.1) is 6.92 Å². The van der Waals surface area contributed by atoms with E-state index in [-0.39, 0.29) is 12.3 Å². The van der Waals surface area contributed by atoms with E-state index in [0.717, 1.165) is 11.1 Å². The van der Waals surface area contributed by atoms with E-state index in [1.165, 1.54) is 6.26 Å². The van der Waals surface area contributed by atoms with Crippen molar-refractivity contribution < 1.29 is 19.1 Å². The average molecular weight is 301 g/mol. The molecule has 0 radical (unpaired) electrons. The summed E-state index contributed by atoms with van der Waals surface area (Å²) in [5, 5.41) is 11.9. The van der Waals surface area contributed by atoms with E-state index >= 15 is 0 Å². The molecule has 2 rings (SSSR count). The van der Waals surface area contributed by atoms with Crippen molar-refractivity contribution in [2.75, 3.05) is 0 Å². The number of hydrogen-bond donors (Lipinski definition) is 2. The molecule has 2 N–H and O–H groups in total. The van der Waals surface area contributed by atoms with Gasteiger partial charge in [-0.15, -0.1) is 0 Å². The molecule has 22 heavy (non-hydrogen) atoms. The lowest BCUT2D eigenvalue weighted by Gasteiger charge is -2.19. The van der Waals surface area contributed by atoms with Gasteiger partial charge in [0.2, 0.25) is 0 Å². The van der Waals surface area contributed by atoms with Gasteiger partial charge in [0.15, 0.2) is 0 Å². The fourth-order valence-corrected chi connectivity index (χ4v) is 2.44. The molecule has 2 aromatic rings. The first-order valence-electron chi connectivity index (χ1n) is 7.17. The Kier molecular flexibility index (Phi) is 4.99. The molecule has 1 atom stereocenters. The molecule has 0 aliphatic heterocycles. The highest BCUT2D eigenvalue weighted by molar-refractivity contribution is 5.95. The number of aliphatic carboxylic acids is 1. The fourth-order valence-electron chi connectivity index (χ4n) is 2.44. The van der Waals surface area contributed by atoms with Crippen LogP contribution in [0.3, 0.4) is 0 Å². The quantitative estimate of drug-likeness (QED) is 0.859. The molecular weight excluding hydrogens is 282 g/mol. The van der Waals surface area contributed by atoms with E-state index in [2.05, 4.69) is 5.32 Å². The van der Waals surface area contributed by atoms with E-state index in [1.54, 1.807) is 6.07 Å². The third-order valence-electron chi connectivity index (χ3n) is 3.56. The summed E-state index contributed by atoms with van der Waals surface area (Å²) in [5.74, 6) is -0.687. The van der Waals surface area contributed by atoms with Gasteiger partial charge in [-0.1, -0.05) is 31.2 Å². The third-order valence-corrected chi connectivity index (χ3v) is 3.56.